The van der Waals surface area contributed by atoms with Gasteiger partial charge in [0.1, 0.15) is 5.58 Å². The molecule has 0 fully saturated rings. The lowest BCUT2D eigenvalue weighted by atomic mass is 10.2. The highest BCUT2D eigenvalue weighted by Gasteiger charge is 2.01. The standard InChI is InChI=1S/C12H13NO2/c1-3-13(2)10-6-4-9-5-7-12(14)15-11(9)8-10/h4-8H,3H2,1-2H3. The zero-order valence-electron chi connectivity index (χ0n) is 8.86. The predicted octanol–water partition coefficient (Wildman–Crippen LogP) is 2.25. The lowest BCUT2D eigenvalue weighted by molar-refractivity contribution is 0.561. The number of rotatable bonds is 2. The van der Waals surface area contributed by atoms with Gasteiger partial charge in [-0.2, -0.15) is 0 Å². The van der Waals surface area contributed by atoms with Gasteiger partial charge in [-0.3, -0.25) is 0 Å². The first-order valence-electron chi connectivity index (χ1n) is 4.96. The Bertz CT molecular complexity index is 530. The number of hydrogen-bond donors (Lipinski definition) is 0. The Morgan fingerprint density at radius 2 is 2.00 bits per heavy atom. The van der Waals surface area contributed by atoms with E-state index in [9.17, 15) is 4.79 Å². The number of nitrogens with zero attached hydrogens (tertiary/aromatic N) is 1. The SMILES string of the molecule is CCN(C)c1ccc2ccc(=O)oc2c1. The van der Waals surface area contributed by atoms with Crippen molar-refractivity contribution in [3.63, 3.8) is 0 Å². The summed E-state index contributed by atoms with van der Waals surface area (Å²) in [7, 11) is 2.00. The molecule has 0 aliphatic carbocycles. The molecule has 2 rings (SSSR count). The maximum Gasteiger partial charge on any atom is 0.336 e. The van der Waals surface area contributed by atoms with Crippen LogP contribution in [0, 0.1) is 0 Å². The topological polar surface area (TPSA) is 33.5 Å². The molecular weight excluding hydrogens is 190 g/mol. The smallest absolute Gasteiger partial charge is 0.336 e. The predicted molar refractivity (Wildman–Crippen MR) is 61.4 cm³/mol. The lowest BCUT2D eigenvalue weighted by Gasteiger charge is -2.16. The summed E-state index contributed by atoms with van der Waals surface area (Å²) in [4.78, 5) is 13.1. The molecule has 1 aromatic heterocycles. The first-order valence-corrected chi connectivity index (χ1v) is 4.96. The number of anilines is 1. The van der Waals surface area contributed by atoms with Crippen LogP contribution in [0.25, 0.3) is 11.0 Å². The van der Waals surface area contributed by atoms with Crippen molar-refractivity contribution in [3.8, 4) is 0 Å². The molecule has 0 unspecified atom stereocenters. The summed E-state index contributed by atoms with van der Waals surface area (Å²) in [6.07, 6.45) is 0. The third-order valence-corrected chi connectivity index (χ3v) is 2.52. The van der Waals surface area contributed by atoms with Gasteiger partial charge >= 0.3 is 5.63 Å². The molecule has 0 saturated carbocycles. The van der Waals surface area contributed by atoms with Crippen LogP contribution in [-0.2, 0) is 0 Å². The van der Waals surface area contributed by atoms with Gasteiger partial charge in [-0.15, -0.1) is 0 Å². The third-order valence-electron chi connectivity index (χ3n) is 2.52. The van der Waals surface area contributed by atoms with Crippen molar-refractivity contribution < 1.29 is 4.42 Å². The fourth-order valence-corrected chi connectivity index (χ4v) is 1.47. The normalized spacial score (nSPS) is 10.5. The number of fused-ring (bicyclic) bond motifs is 1. The molecule has 1 aromatic carbocycles. The molecule has 0 saturated heterocycles. The minimum absolute atomic E-state index is 0.307. The Hall–Kier alpha value is -1.77. The van der Waals surface area contributed by atoms with Crippen LogP contribution in [0.4, 0.5) is 5.69 Å². The van der Waals surface area contributed by atoms with Gasteiger partial charge in [0.05, 0.1) is 0 Å². The van der Waals surface area contributed by atoms with E-state index in [0.717, 1.165) is 17.6 Å². The second-order valence-corrected chi connectivity index (χ2v) is 3.49. The van der Waals surface area contributed by atoms with E-state index in [2.05, 4.69) is 11.8 Å². The number of benzene rings is 1. The summed E-state index contributed by atoms with van der Waals surface area (Å²) < 4.78 is 5.11. The summed E-state index contributed by atoms with van der Waals surface area (Å²) in [5.41, 5.74) is 1.39. The summed E-state index contributed by atoms with van der Waals surface area (Å²) >= 11 is 0. The minimum Gasteiger partial charge on any atom is -0.423 e. The quantitative estimate of drug-likeness (QED) is 0.702. The van der Waals surface area contributed by atoms with Crippen LogP contribution in [0.15, 0.2) is 39.5 Å². The highest BCUT2D eigenvalue weighted by molar-refractivity contribution is 5.80. The first kappa shape index (κ1) is 9.77. The van der Waals surface area contributed by atoms with E-state index in [0.29, 0.717) is 5.58 Å². The molecular formula is C12H13NO2. The van der Waals surface area contributed by atoms with Gasteiger partial charge < -0.3 is 9.32 Å². The largest absolute Gasteiger partial charge is 0.423 e. The maximum atomic E-state index is 11.1. The van der Waals surface area contributed by atoms with Crippen LogP contribution in [0.2, 0.25) is 0 Å². The molecule has 0 bridgehead atoms. The van der Waals surface area contributed by atoms with Gasteiger partial charge in [-0.25, -0.2) is 4.79 Å². The van der Waals surface area contributed by atoms with E-state index < -0.39 is 0 Å². The molecule has 0 amide bonds. The van der Waals surface area contributed by atoms with E-state index in [4.69, 9.17) is 4.42 Å². The van der Waals surface area contributed by atoms with Crippen LogP contribution in [0.1, 0.15) is 6.92 Å². The molecule has 0 spiro atoms. The average molecular weight is 203 g/mol. The molecule has 1 heterocycles. The molecule has 0 atom stereocenters. The molecule has 0 aliphatic heterocycles. The van der Waals surface area contributed by atoms with Gasteiger partial charge in [-0.1, -0.05) is 0 Å². The average Bonchev–Trinajstić information content (AvgIpc) is 2.27. The van der Waals surface area contributed by atoms with Crippen molar-refractivity contribution in [2.24, 2.45) is 0 Å². The zero-order valence-corrected chi connectivity index (χ0v) is 8.86. The van der Waals surface area contributed by atoms with Crippen LogP contribution in [0.5, 0.6) is 0 Å². The lowest BCUT2D eigenvalue weighted by Crippen LogP contribution is -2.15. The first-order chi connectivity index (χ1) is 7.20. The van der Waals surface area contributed by atoms with Gasteiger partial charge in [0.2, 0.25) is 0 Å². The Morgan fingerprint density at radius 3 is 2.73 bits per heavy atom. The van der Waals surface area contributed by atoms with E-state index in [1.807, 2.05) is 25.2 Å². The summed E-state index contributed by atoms with van der Waals surface area (Å²) in [6.45, 7) is 2.99. The van der Waals surface area contributed by atoms with Crippen molar-refractivity contribution >= 4 is 16.7 Å². The maximum absolute atomic E-state index is 11.1. The fourth-order valence-electron chi connectivity index (χ4n) is 1.47. The monoisotopic (exact) mass is 203 g/mol. The second kappa shape index (κ2) is 3.77. The number of hydrogen-bond acceptors (Lipinski definition) is 3. The van der Waals surface area contributed by atoms with Crippen LogP contribution in [0.3, 0.4) is 0 Å². The van der Waals surface area contributed by atoms with E-state index in [1.54, 1.807) is 6.07 Å². The Labute approximate surface area is 87.9 Å². The van der Waals surface area contributed by atoms with Crippen molar-refractivity contribution in [2.75, 3.05) is 18.5 Å². The zero-order chi connectivity index (χ0) is 10.8. The fraction of sp³-hybridized carbons (Fsp3) is 0.250. The van der Waals surface area contributed by atoms with Gasteiger partial charge in [0.15, 0.2) is 0 Å². The Kier molecular flexibility index (Phi) is 2.46. The van der Waals surface area contributed by atoms with E-state index >= 15 is 0 Å². The molecule has 0 N–H and O–H groups in total. The van der Waals surface area contributed by atoms with Gasteiger partial charge in [-0.05, 0) is 25.1 Å². The van der Waals surface area contributed by atoms with Crippen molar-refractivity contribution in [1.29, 1.82) is 0 Å². The highest BCUT2D eigenvalue weighted by atomic mass is 16.4. The molecule has 2 aromatic rings. The summed E-state index contributed by atoms with van der Waals surface area (Å²) in [5, 5.41) is 0.947. The van der Waals surface area contributed by atoms with Crippen LogP contribution in [-0.4, -0.2) is 13.6 Å². The Balaban J connectivity index is 2.59. The Morgan fingerprint density at radius 1 is 1.27 bits per heavy atom. The highest BCUT2D eigenvalue weighted by Crippen LogP contribution is 2.19. The molecule has 78 valence electrons. The van der Waals surface area contributed by atoms with E-state index in [1.165, 1.54) is 6.07 Å². The molecule has 0 radical (unpaired) electrons. The van der Waals surface area contributed by atoms with Crippen LogP contribution >= 0.6 is 0 Å². The van der Waals surface area contributed by atoms with Crippen molar-refractivity contribution in [3.05, 3.63) is 40.8 Å². The van der Waals surface area contributed by atoms with Crippen molar-refractivity contribution in [2.45, 2.75) is 6.92 Å². The molecule has 0 aliphatic rings. The molecule has 15 heavy (non-hydrogen) atoms. The van der Waals surface area contributed by atoms with Gasteiger partial charge in [0.25, 0.3) is 0 Å². The molecule has 3 heteroatoms. The second-order valence-electron chi connectivity index (χ2n) is 3.49. The minimum atomic E-state index is -0.307. The summed E-state index contributed by atoms with van der Waals surface area (Å²) in [6, 6.07) is 9.08. The third kappa shape index (κ3) is 1.86. The van der Waals surface area contributed by atoms with Crippen molar-refractivity contribution in [1.82, 2.24) is 0 Å². The van der Waals surface area contributed by atoms with Gasteiger partial charge in [0, 0.05) is 36.8 Å². The van der Waals surface area contributed by atoms with E-state index in [-0.39, 0.29) is 5.63 Å². The molecule has 3 nitrogen and oxygen atoms in total. The summed E-state index contributed by atoms with van der Waals surface area (Å²) in [5.74, 6) is 0. The van der Waals surface area contributed by atoms with Crippen LogP contribution < -0.4 is 10.5 Å².